The van der Waals surface area contributed by atoms with Gasteiger partial charge in [-0.15, -0.1) is 0 Å². The highest BCUT2D eigenvalue weighted by atomic mass is 79.9. The Morgan fingerprint density at radius 1 is 1.35 bits per heavy atom. The molecule has 0 aliphatic carbocycles. The minimum absolute atomic E-state index is 0.563. The monoisotopic (exact) mass is 342 g/mol. The van der Waals surface area contributed by atoms with Gasteiger partial charge in [0.25, 0.3) is 0 Å². The maximum Gasteiger partial charge on any atom is 0.411 e. The Kier molecular flexibility index (Phi) is 4.91. The van der Waals surface area contributed by atoms with E-state index in [2.05, 4.69) is 20.9 Å². The van der Waals surface area contributed by atoms with Crippen molar-refractivity contribution < 1.29 is 14.3 Å². The molecule has 1 aromatic rings. The molecule has 0 radical (unpaired) electrons. The summed E-state index contributed by atoms with van der Waals surface area (Å²) >= 11 is 3.31. The number of halogens is 1. The highest BCUT2D eigenvalue weighted by molar-refractivity contribution is 9.10. The molecule has 0 aliphatic heterocycles. The predicted molar refractivity (Wildman–Crippen MR) is 79.4 cm³/mol. The molecule has 110 valence electrons. The van der Waals surface area contributed by atoms with E-state index in [9.17, 15) is 9.59 Å². The van der Waals surface area contributed by atoms with E-state index in [4.69, 9.17) is 4.74 Å². The van der Waals surface area contributed by atoms with Gasteiger partial charge < -0.3 is 9.53 Å². The van der Waals surface area contributed by atoms with E-state index in [-0.39, 0.29) is 0 Å². The number of rotatable bonds is 3. The second-order valence-electron chi connectivity index (χ2n) is 5.70. The molecule has 6 heteroatoms. The van der Waals surface area contributed by atoms with Crippen LogP contribution in [0, 0.1) is 0 Å². The summed E-state index contributed by atoms with van der Waals surface area (Å²) in [6.07, 6.45) is 3.31. The lowest BCUT2D eigenvalue weighted by Gasteiger charge is -2.35. The van der Waals surface area contributed by atoms with Gasteiger partial charge in [0, 0.05) is 29.5 Å². The Labute approximate surface area is 127 Å². The number of carbonyl (C=O) groups excluding carboxylic acids is 2. The van der Waals surface area contributed by atoms with Crippen molar-refractivity contribution in [2.75, 3.05) is 7.05 Å². The quantitative estimate of drug-likeness (QED) is 0.791. The molecule has 1 aromatic heterocycles. The molecule has 20 heavy (non-hydrogen) atoms. The average Bonchev–Trinajstić information content (AvgIpc) is 2.34. The average molecular weight is 343 g/mol. The summed E-state index contributed by atoms with van der Waals surface area (Å²) in [5.74, 6) is 0. The first kappa shape index (κ1) is 16.6. The number of hydrogen-bond acceptors (Lipinski definition) is 4. The third kappa shape index (κ3) is 3.79. The van der Waals surface area contributed by atoms with Crippen LogP contribution in [-0.4, -0.2) is 34.9 Å². The second-order valence-corrected chi connectivity index (χ2v) is 6.61. The Morgan fingerprint density at radius 3 is 2.40 bits per heavy atom. The highest BCUT2D eigenvalue weighted by Gasteiger charge is 2.37. The van der Waals surface area contributed by atoms with Crippen LogP contribution in [0.2, 0.25) is 0 Å². The number of likely N-dealkylation sites (N-methyl/N-ethyl adjacent to an activating group) is 1. The molecule has 1 atom stereocenters. The SMILES string of the molecule is CN(C(=O)OC(C)(C)C)C(C)(C=O)c1cncc(Br)c1. The molecule has 0 saturated carbocycles. The zero-order valence-electron chi connectivity index (χ0n) is 12.3. The van der Waals surface area contributed by atoms with Crippen molar-refractivity contribution in [3.8, 4) is 0 Å². The topological polar surface area (TPSA) is 59.5 Å². The first-order chi connectivity index (χ1) is 9.10. The largest absolute Gasteiger partial charge is 0.444 e. The highest BCUT2D eigenvalue weighted by Crippen LogP contribution is 2.27. The third-order valence-corrected chi connectivity index (χ3v) is 3.32. The zero-order chi connectivity index (χ0) is 15.6. The van der Waals surface area contributed by atoms with Crippen LogP contribution < -0.4 is 0 Å². The minimum Gasteiger partial charge on any atom is -0.444 e. The molecule has 1 unspecified atom stereocenters. The van der Waals surface area contributed by atoms with E-state index >= 15 is 0 Å². The van der Waals surface area contributed by atoms with Crippen molar-refractivity contribution in [3.05, 3.63) is 28.5 Å². The second kappa shape index (κ2) is 5.91. The molecular formula is C14H19BrN2O3. The molecule has 1 rings (SSSR count). The van der Waals surface area contributed by atoms with E-state index in [1.165, 1.54) is 11.9 Å². The van der Waals surface area contributed by atoms with Gasteiger partial charge in [0.05, 0.1) is 0 Å². The number of aldehydes is 1. The fourth-order valence-electron chi connectivity index (χ4n) is 1.55. The smallest absolute Gasteiger partial charge is 0.411 e. The van der Waals surface area contributed by atoms with Gasteiger partial charge in [-0.2, -0.15) is 0 Å². The van der Waals surface area contributed by atoms with Gasteiger partial charge in [0.1, 0.15) is 17.4 Å². The van der Waals surface area contributed by atoms with Crippen LogP contribution in [0.15, 0.2) is 22.9 Å². The summed E-state index contributed by atoms with van der Waals surface area (Å²) in [6.45, 7) is 6.97. The Morgan fingerprint density at radius 2 is 1.95 bits per heavy atom. The van der Waals surface area contributed by atoms with E-state index in [1.54, 1.807) is 46.2 Å². The van der Waals surface area contributed by atoms with Crippen molar-refractivity contribution in [1.82, 2.24) is 9.88 Å². The minimum atomic E-state index is -1.14. The van der Waals surface area contributed by atoms with Gasteiger partial charge in [-0.3, -0.25) is 9.88 Å². The normalized spacial score (nSPS) is 14.3. The summed E-state index contributed by atoms with van der Waals surface area (Å²) in [7, 11) is 1.53. The van der Waals surface area contributed by atoms with Crippen molar-refractivity contribution in [3.63, 3.8) is 0 Å². The summed E-state index contributed by atoms with van der Waals surface area (Å²) in [4.78, 5) is 29.0. The van der Waals surface area contributed by atoms with Crippen molar-refractivity contribution in [2.24, 2.45) is 0 Å². The van der Waals surface area contributed by atoms with Crippen LogP contribution in [-0.2, 0) is 15.1 Å². The molecule has 0 spiro atoms. The summed E-state index contributed by atoms with van der Waals surface area (Å²) in [5.41, 5.74) is -1.15. The lowest BCUT2D eigenvalue weighted by molar-refractivity contribution is -0.117. The lowest BCUT2D eigenvalue weighted by atomic mass is 9.94. The van der Waals surface area contributed by atoms with Gasteiger partial charge in [-0.25, -0.2) is 4.79 Å². The summed E-state index contributed by atoms with van der Waals surface area (Å²) in [5, 5.41) is 0. The van der Waals surface area contributed by atoms with Crippen LogP contribution in [0.3, 0.4) is 0 Å². The lowest BCUT2D eigenvalue weighted by Crippen LogP contribution is -2.48. The summed E-state index contributed by atoms with van der Waals surface area (Å²) < 4.78 is 6.03. The van der Waals surface area contributed by atoms with E-state index in [0.717, 1.165) is 4.47 Å². The maximum absolute atomic E-state index is 12.1. The van der Waals surface area contributed by atoms with Crippen LogP contribution in [0.25, 0.3) is 0 Å². The molecule has 1 heterocycles. The number of ether oxygens (including phenoxy) is 1. The van der Waals surface area contributed by atoms with Gasteiger partial charge >= 0.3 is 6.09 Å². The van der Waals surface area contributed by atoms with Crippen LogP contribution in [0.4, 0.5) is 4.79 Å². The van der Waals surface area contributed by atoms with Gasteiger partial charge in [0.2, 0.25) is 0 Å². The predicted octanol–water partition coefficient (Wildman–Crippen LogP) is 3.13. The van der Waals surface area contributed by atoms with Gasteiger partial charge in [-0.1, -0.05) is 0 Å². The molecule has 0 saturated heterocycles. The van der Waals surface area contributed by atoms with E-state index < -0.39 is 17.2 Å². The van der Waals surface area contributed by atoms with Crippen molar-refractivity contribution in [2.45, 2.75) is 38.8 Å². The number of hydrogen-bond donors (Lipinski definition) is 0. The molecule has 5 nitrogen and oxygen atoms in total. The fourth-order valence-corrected chi connectivity index (χ4v) is 1.91. The number of pyridine rings is 1. The summed E-state index contributed by atoms with van der Waals surface area (Å²) in [6, 6.07) is 1.75. The molecule has 0 aliphatic rings. The van der Waals surface area contributed by atoms with Crippen LogP contribution in [0.1, 0.15) is 33.3 Å². The first-order valence-electron chi connectivity index (χ1n) is 6.14. The molecule has 0 aromatic carbocycles. The Balaban J connectivity index is 3.10. The fraction of sp³-hybridized carbons (Fsp3) is 0.500. The zero-order valence-corrected chi connectivity index (χ0v) is 13.9. The first-order valence-corrected chi connectivity index (χ1v) is 6.93. The number of nitrogens with zero attached hydrogens (tertiary/aromatic N) is 2. The van der Waals surface area contributed by atoms with Crippen molar-refractivity contribution >= 4 is 28.3 Å². The third-order valence-electron chi connectivity index (χ3n) is 2.88. The molecule has 0 bridgehead atoms. The molecule has 0 N–H and O–H groups in total. The Hall–Kier alpha value is -1.43. The molecule has 1 amide bonds. The van der Waals surface area contributed by atoms with E-state index in [0.29, 0.717) is 11.8 Å². The van der Waals surface area contributed by atoms with E-state index in [1.807, 2.05) is 0 Å². The number of carbonyl (C=O) groups is 2. The standard InChI is InChI=1S/C14H19BrN2O3/c1-13(2,3)20-12(19)17(5)14(4,9-18)10-6-11(15)8-16-7-10/h6-9H,1-5H3. The van der Waals surface area contributed by atoms with Crippen molar-refractivity contribution in [1.29, 1.82) is 0 Å². The maximum atomic E-state index is 12.1. The molecular weight excluding hydrogens is 324 g/mol. The van der Waals surface area contributed by atoms with Gasteiger partial charge in [0.15, 0.2) is 0 Å². The van der Waals surface area contributed by atoms with Crippen LogP contribution in [0.5, 0.6) is 0 Å². The van der Waals surface area contributed by atoms with Gasteiger partial charge in [-0.05, 0) is 49.7 Å². The number of amides is 1. The Bertz CT molecular complexity index is 513. The number of aromatic nitrogens is 1. The molecule has 0 fully saturated rings. The van der Waals surface area contributed by atoms with Crippen LogP contribution >= 0.6 is 15.9 Å².